The molecular weight excluding hydrogens is 188 g/mol. The largest absolute Gasteiger partial charge is 0.385 e. The van der Waals surface area contributed by atoms with Crippen LogP contribution in [0.3, 0.4) is 0 Å². The van der Waals surface area contributed by atoms with Crippen LogP contribution in [0.5, 0.6) is 0 Å². The molecule has 13 heavy (non-hydrogen) atoms. The first-order valence-corrected chi connectivity index (χ1v) is 4.61. The van der Waals surface area contributed by atoms with Gasteiger partial charge in [-0.25, -0.2) is 9.78 Å². The monoisotopic (exact) mass is 196 g/mol. The van der Waals surface area contributed by atoms with Crippen LogP contribution in [0.25, 0.3) is 0 Å². The summed E-state index contributed by atoms with van der Waals surface area (Å²) in [5.41, 5.74) is 6.47. The number of hydrogen-bond acceptors (Lipinski definition) is 4. The smallest absolute Gasteiger partial charge is 0.343 e. The first kappa shape index (κ1) is 8.18. The lowest BCUT2D eigenvalue weighted by atomic mass is 10.3. The summed E-state index contributed by atoms with van der Waals surface area (Å²) in [6, 6.07) is -0.721. The number of carbonyl (C=O) groups is 1. The number of nitrogens with zero attached hydrogens (tertiary/aromatic N) is 2. The molecule has 1 aromatic heterocycles. The third-order valence-corrected chi connectivity index (χ3v) is 2.71. The molecule has 1 unspecified atom stereocenters. The van der Waals surface area contributed by atoms with Gasteiger partial charge >= 0.3 is 6.03 Å². The van der Waals surface area contributed by atoms with Crippen LogP contribution in [0, 0.1) is 6.92 Å². The Balaban J connectivity index is 2.29. The van der Waals surface area contributed by atoms with Crippen LogP contribution >= 0.6 is 11.3 Å². The molecule has 1 atom stereocenters. The van der Waals surface area contributed by atoms with Gasteiger partial charge in [0.15, 0.2) is 0 Å². The number of amidine groups is 1. The summed E-state index contributed by atoms with van der Waals surface area (Å²) in [5, 5.41) is 5.31. The molecule has 0 fully saturated rings. The highest BCUT2D eigenvalue weighted by atomic mass is 32.1. The number of amides is 2. The maximum absolute atomic E-state index is 10.8. The summed E-state index contributed by atoms with van der Waals surface area (Å²) in [6.45, 7) is 1.89. The molecule has 0 saturated heterocycles. The molecule has 2 heterocycles. The standard InChI is InChI=1S/C7H8N4OS/c1-3-2-13-6(9-3)4-5(8)11-7(12)10-4/h2,4H,1H3,(H3,8,10,11,12). The Morgan fingerprint density at radius 3 is 2.92 bits per heavy atom. The van der Waals surface area contributed by atoms with E-state index < -0.39 is 6.03 Å². The SMILES string of the molecule is Cc1csc(C2NC(=O)N=C2N)n1. The van der Waals surface area contributed by atoms with Crippen molar-refractivity contribution in [3.63, 3.8) is 0 Å². The van der Waals surface area contributed by atoms with E-state index in [1.807, 2.05) is 12.3 Å². The van der Waals surface area contributed by atoms with E-state index in [1.165, 1.54) is 11.3 Å². The molecule has 2 rings (SSSR count). The number of aliphatic imine (C=N–C) groups is 1. The Morgan fingerprint density at radius 1 is 1.69 bits per heavy atom. The summed E-state index contributed by atoms with van der Waals surface area (Å²) < 4.78 is 0. The number of aryl methyl sites for hydroxylation is 1. The van der Waals surface area contributed by atoms with Crippen LogP contribution in [0.4, 0.5) is 4.79 Å². The second-order valence-electron chi connectivity index (χ2n) is 2.75. The van der Waals surface area contributed by atoms with Crippen LogP contribution in [0.1, 0.15) is 16.7 Å². The van der Waals surface area contributed by atoms with Crippen molar-refractivity contribution in [3.05, 3.63) is 16.1 Å². The van der Waals surface area contributed by atoms with Crippen molar-refractivity contribution in [1.29, 1.82) is 0 Å². The maximum Gasteiger partial charge on any atom is 0.343 e. The lowest BCUT2D eigenvalue weighted by Gasteiger charge is -2.05. The van der Waals surface area contributed by atoms with Crippen molar-refractivity contribution in [1.82, 2.24) is 10.3 Å². The van der Waals surface area contributed by atoms with Crippen molar-refractivity contribution in [2.45, 2.75) is 13.0 Å². The molecule has 1 aromatic rings. The highest BCUT2D eigenvalue weighted by Crippen LogP contribution is 2.20. The highest BCUT2D eigenvalue weighted by molar-refractivity contribution is 7.09. The number of urea groups is 1. The third kappa shape index (κ3) is 1.40. The van der Waals surface area contributed by atoms with Gasteiger partial charge in [0, 0.05) is 11.1 Å². The molecule has 0 saturated carbocycles. The molecule has 3 N–H and O–H groups in total. The Labute approximate surface area is 78.7 Å². The predicted octanol–water partition coefficient (Wildman–Crippen LogP) is 0.573. The van der Waals surface area contributed by atoms with Gasteiger partial charge in [0.2, 0.25) is 0 Å². The van der Waals surface area contributed by atoms with Crippen molar-refractivity contribution in [3.8, 4) is 0 Å². The summed E-state index contributed by atoms with van der Waals surface area (Å²) in [6.07, 6.45) is 0. The van der Waals surface area contributed by atoms with Crippen molar-refractivity contribution < 1.29 is 4.79 Å². The van der Waals surface area contributed by atoms with Crippen LogP contribution in [0.2, 0.25) is 0 Å². The van der Waals surface area contributed by atoms with Crippen LogP contribution in [-0.4, -0.2) is 16.9 Å². The molecule has 0 spiro atoms. The minimum absolute atomic E-state index is 0.291. The van der Waals surface area contributed by atoms with Gasteiger partial charge < -0.3 is 11.1 Å². The summed E-state index contributed by atoms with van der Waals surface area (Å²) in [7, 11) is 0. The van der Waals surface area contributed by atoms with Crippen LogP contribution in [0.15, 0.2) is 10.4 Å². The Kier molecular flexibility index (Phi) is 1.77. The summed E-state index contributed by atoms with van der Waals surface area (Å²) in [5.74, 6) is 0.291. The molecule has 2 amide bonds. The quantitative estimate of drug-likeness (QED) is 0.689. The van der Waals surface area contributed by atoms with Crippen LogP contribution in [-0.2, 0) is 0 Å². The van der Waals surface area contributed by atoms with E-state index in [2.05, 4.69) is 15.3 Å². The molecule has 68 valence electrons. The second kappa shape index (κ2) is 2.81. The second-order valence-corrected chi connectivity index (χ2v) is 3.64. The van der Waals surface area contributed by atoms with Gasteiger partial charge in [-0.05, 0) is 6.92 Å². The number of nitrogens with two attached hydrogens (primary N) is 1. The Hall–Kier alpha value is -1.43. The fourth-order valence-electron chi connectivity index (χ4n) is 1.10. The zero-order valence-corrected chi connectivity index (χ0v) is 7.76. The van der Waals surface area contributed by atoms with Gasteiger partial charge in [-0.15, -0.1) is 11.3 Å². The van der Waals surface area contributed by atoms with Crippen molar-refractivity contribution in [2.75, 3.05) is 0 Å². The van der Waals surface area contributed by atoms with E-state index in [9.17, 15) is 4.79 Å². The average molecular weight is 196 g/mol. The van der Waals surface area contributed by atoms with E-state index in [4.69, 9.17) is 5.73 Å². The molecule has 6 heteroatoms. The zero-order valence-electron chi connectivity index (χ0n) is 6.94. The summed E-state index contributed by atoms with van der Waals surface area (Å²) in [4.78, 5) is 18.6. The van der Waals surface area contributed by atoms with Crippen molar-refractivity contribution >= 4 is 23.2 Å². The molecule has 1 aliphatic rings. The van der Waals surface area contributed by atoms with Gasteiger partial charge in [0.05, 0.1) is 0 Å². The molecule has 0 aliphatic carbocycles. The third-order valence-electron chi connectivity index (χ3n) is 1.68. The molecule has 0 radical (unpaired) electrons. The van der Waals surface area contributed by atoms with E-state index in [0.717, 1.165) is 10.7 Å². The number of thiazole rings is 1. The normalized spacial score (nSPS) is 21.5. The van der Waals surface area contributed by atoms with Crippen LogP contribution < -0.4 is 11.1 Å². The average Bonchev–Trinajstić information content (AvgIpc) is 2.58. The first-order chi connectivity index (χ1) is 6.16. The molecular formula is C7H8N4OS. The number of aromatic nitrogens is 1. The first-order valence-electron chi connectivity index (χ1n) is 3.73. The molecule has 0 aromatic carbocycles. The topological polar surface area (TPSA) is 80.4 Å². The number of nitrogens with one attached hydrogen (secondary N) is 1. The van der Waals surface area contributed by atoms with Gasteiger partial charge in [-0.2, -0.15) is 4.99 Å². The molecule has 5 nitrogen and oxygen atoms in total. The number of hydrogen-bond donors (Lipinski definition) is 2. The number of carbonyl (C=O) groups excluding carboxylic acids is 1. The number of rotatable bonds is 1. The minimum Gasteiger partial charge on any atom is -0.385 e. The van der Waals surface area contributed by atoms with Crippen molar-refractivity contribution in [2.24, 2.45) is 10.7 Å². The van der Waals surface area contributed by atoms with Gasteiger partial charge in [0.1, 0.15) is 16.9 Å². The minimum atomic E-state index is -0.393. The summed E-state index contributed by atoms with van der Waals surface area (Å²) >= 11 is 1.47. The molecule has 0 bridgehead atoms. The van der Waals surface area contributed by atoms with Gasteiger partial charge in [-0.1, -0.05) is 0 Å². The lowest BCUT2D eigenvalue weighted by Crippen LogP contribution is -2.27. The molecule has 1 aliphatic heterocycles. The highest BCUT2D eigenvalue weighted by Gasteiger charge is 2.27. The Bertz CT molecular complexity index is 384. The predicted molar refractivity (Wildman–Crippen MR) is 49.7 cm³/mol. The van der Waals surface area contributed by atoms with Gasteiger partial charge in [0.25, 0.3) is 0 Å². The van der Waals surface area contributed by atoms with E-state index >= 15 is 0 Å². The fraction of sp³-hybridized carbons (Fsp3) is 0.286. The fourth-order valence-corrected chi connectivity index (χ4v) is 1.96. The maximum atomic E-state index is 10.8. The van der Waals surface area contributed by atoms with E-state index in [-0.39, 0.29) is 6.04 Å². The lowest BCUT2D eigenvalue weighted by molar-refractivity contribution is 0.250. The van der Waals surface area contributed by atoms with E-state index in [0.29, 0.717) is 5.84 Å². The Morgan fingerprint density at radius 2 is 2.46 bits per heavy atom. The van der Waals surface area contributed by atoms with Gasteiger partial charge in [-0.3, -0.25) is 0 Å². The van der Waals surface area contributed by atoms with E-state index in [1.54, 1.807) is 0 Å². The zero-order chi connectivity index (χ0) is 9.42.